The standard InChI is InChI=1S/C19H20F3N3O/c1-11-10-23-17-18(26)24-16(12-5-3-2-4-6-12)14-9-13(19(20,21)22)7-8-15(14)25(11)17/h7-10,12,18,26H,2-6H2,1H3. The lowest BCUT2D eigenvalue weighted by atomic mass is 9.82. The maximum Gasteiger partial charge on any atom is 0.416 e. The quantitative estimate of drug-likeness (QED) is 0.807. The molecular weight excluding hydrogens is 343 g/mol. The highest BCUT2D eigenvalue weighted by Gasteiger charge is 2.35. The molecule has 1 aromatic carbocycles. The molecule has 2 aromatic rings. The Bertz CT molecular complexity index is 863. The normalized spacial score (nSPS) is 21.0. The average Bonchev–Trinajstić information content (AvgIpc) is 2.94. The van der Waals surface area contributed by atoms with Crippen molar-refractivity contribution in [3.05, 3.63) is 47.0 Å². The van der Waals surface area contributed by atoms with Gasteiger partial charge >= 0.3 is 6.18 Å². The second-order valence-corrected chi connectivity index (χ2v) is 7.05. The van der Waals surface area contributed by atoms with Crippen molar-refractivity contribution >= 4 is 5.71 Å². The first-order valence-corrected chi connectivity index (χ1v) is 8.88. The Kier molecular flexibility index (Phi) is 4.14. The summed E-state index contributed by atoms with van der Waals surface area (Å²) in [6.45, 7) is 1.82. The minimum atomic E-state index is -4.43. The zero-order chi connectivity index (χ0) is 18.5. The number of halogens is 3. The Morgan fingerprint density at radius 3 is 2.58 bits per heavy atom. The number of hydrogen-bond donors (Lipinski definition) is 1. The molecule has 138 valence electrons. The fourth-order valence-corrected chi connectivity index (χ4v) is 4.02. The van der Waals surface area contributed by atoms with E-state index in [-0.39, 0.29) is 5.92 Å². The van der Waals surface area contributed by atoms with Crippen molar-refractivity contribution in [1.82, 2.24) is 9.55 Å². The van der Waals surface area contributed by atoms with Gasteiger partial charge in [-0.05, 0) is 38.0 Å². The van der Waals surface area contributed by atoms with Gasteiger partial charge in [0.15, 0.2) is 5.82 Å². The summed E-state index contributed by atoms with van der Waals surface area (Å²) in [6.07, 6.45) is 0.927. The number of aryl methyl sites for hydroxylation is 1. The van der Waals surface area contributed by atoms with Crippen molar-refractivity contribution < 1.29 is 18.3 Å². The number of rotatable bonds is 1. The molecule has 26 heavy (non-hydrogen) atoms. The van der Waals surface area contributed by atoms with Gasteiger partial charge in [0, 0.05) is 23.4 Å². The van der Waals surface area contributed by atoms with Gasteiger partial charge in [0.1, 0.15) is 0 Å². The molecule has 1 atom stereocenters. The van der Waals surface area contributed by atoms with Crippen LogP contribution < -0.4 is 0 Å². The first-order valence-electron chi connectivity index (χ1n) is 8.88. The number of hydrogen-bond acceptors (Lipinski definition) is 3. The van der Waals surface area contributed by atoms with E-state index in [0.717, 1.165) is 43.9 Å². The van der Waals surface area contributed by atoms with Gasteiger partial charge in [0.05, 0.1) is 17.0 Å². The van der Waals surface area contributed by atoms with Crippen LogP contribution in [0.1, 0.15) is 61.0 Å². The van der Waals surface area contributed by atoms with Crippen LogP contribution in [-0.4, -0.2) is 20.4 Å². The molecule has 7 heteroatoms. The number of aliphatic imine (C=N–C) groups is 1. The summed E-state index contributed by atoms with van der Waals surface area (Å²) in [4.78, 5) is 8.67. The molecule has 1 N–H and O–H groups in total. The number of benzene rings is 1. The van der Waals surface area contributed by atoms with Crippen LogP contribution in [0.5, 0.6) is 0 Å². The first-order chi connectivity index (χ1) is 12.4. The molecule has 1 unspecified atom stereocenters. The summed E-state index contributed by atoms with van der Waals surface area (Å²) in [6, 6.07) is 3.72. The zero-order valence-electron chi connectivity index (χ0n) is 14.4. The van der Waals surface area contributed by atoms with E-state index < -0.39 is 18.0 Å². The van der Waals surface area contributed by atoms with Crippen LogP contribution in [0.25, 0.3) is 5.69 Å². The third-order valence-electron chi connectivity index (χ3n) is 5.29. The minimum absolute atomic E-state index is 0.0607. The molecule has 1 aliphatic heterocycles. The summed E-state index contributed by atoms with van der Waals surface area (Å²) < 4.78 is 41.6. The molecule has 4 rings (SSSR count). The molecule has 1 aromatic heterocycles. The molecule has 2 heterocycles. The molecule has 0 amide bonds. The van der Waals surface area contributed by atoms with Gasteiger partial charge in [-0.1, -0.05) is 19.3 Å². The van der Waals surface area contributed by atoms with E-state index in [0.29, 0.717) is 22.8 Å². The monoisotopic (exact) mass is 363 g/mol. The van der Waals surface area contributed by atoms with Crippen molar-refractivity contribution in [2.24, 2.45) is 10.9 Å². The Labute approximate surface area is 149 Å². The van der Waals surface area contributed by atoms with Gasteiger partial charge in [0.25, 0.3) is 0 Å². The third kappa shape index (κ3) is 2.84. The van der Waals surface area contributed by atoms with Gasteiger partial charge in [-0.2, -0.15) is 13.2 Å². The van der Waals surface area contributed by atoms with Crippen LogP contribution in [0.2, 0.25) is 0 Å². The molecule has 2 aliphatic rings. The largest absolute Gasteiger partial charge is 0.416 e. The van der Waals surface area contributed by atoms with Gasteiger partial charge in [-0.25, -0.2) is 9.98 Å². The predicted molar refractivity (Wildman–Crippen MR) is 91.4 cm³/mol. The summed E-state index contributed by atoms with van der Waals surface area (Å²) >= 11 is 0. The number of imidazole rings is 1. The number of aliphatic hydroxyl groups is 1. The summed E-state index contributed by atoms with van der Waals surface area (Å²) in [5, 5.41) is 10.6. The molecule has 1 fully saturated rings. The number of aliphatic hydroxyl groups excluding tert-OH is 1. The maximum atomic E-state index is 13.3. The molecule has 4 nitrogen and oxygen atoms in total. The van der Waals surface area contributed by atoms with Crippen molar-refractivity contribution in [2.45, 2.75) is 51.4 Å². The summed E-state index contributed by atoms with van der Waals surface area (Å²) in [5.41, 5.74) is 1.67. The van der Waals surface area contributed by atoms with Gasteiger partial charge in [-0.3, -0.25) is 4.57 Å². The lowest BCUT2D eigenvalue weighted by molar-refractivity contribution is -0.137. The van der Waals surface area contributed by atoms with Crippen molar-refractivity contribution in [3.63, 3.8) is 0 Å². The second kappa shape index (κ2) is 6.23. The average molecular weight is 363 g/mol. The van der Waals surface area contributed by atoms with E-state index in [4.69, 9.17) is 0 Å². The summed E-state index contributed by atoms with van der Waals surface area (Å²) in [5.74, 6) is 0.403. The topological polar surface area (TPSA) is 50.4 Å². The molecule has 0 radical (unpaired) electrons. The Hall–Kier alpha value is -2.15. The molecule has 0 saturated heterocycles. The molecule has 1 aliphatic carbocycles. The van der Waals surface area contributed by atoms with Gasteiger partial charge < -0.3 is 5.11 Å². The van der Waals surface area contributed by atoms with E-state index in [1.54, 1.807) is 10.8 Å². The highest BCUT2D eigenvalue weighted by molar-refractivity contribution is 6.05. The third-order valence-corrected chi connectivity index (χ3v) is 5.29. The highest BCUT2D eigenvalue weighted by atomic mass is 19.4. The van der Waals surface area contributed by atoms with Crippen LogP contribution >= 0.6 is 0 Å². The van der Waals surface area contributed by atoms with Crippen molar-refractivity contribution in [3.8, 4) is 5.69 Å². The minimum Gasteiger partial charge on any atom is -0.365 e. The van der Waals surface area contributed by atoms with E-state index in [9.17, 15) is 18.3 Å². The smallest absolute Gasteiger partial charge is 0.365 e. The first kappa shape index (κ1) is 17.3. The lowest BCUT2D eigenvalue weighted by Crippen LogP contribution is -2.21. The van der Waals surface area contributed by atoms with Crippen LogP contribution in [0.3, 0.4) is 0 Å². The van der Waals surface area contributed by atoms with Crippen molar-refractivity contribution in [1.29, 1.82) is 0 Å². The predicted octanol–water partition coefficient (Wildman–Crippen LogP) is 4.57. The fraction of sp³-hybridized carbons (Fsp3) is 0.474. The zero-order valence-corrected chi connectivity index (χ0v) is 14.4. The summed E-state index contributed by atoms with van der Waals surface area (Å²) in [7, 11) is 0. The molecule has 1 saturated carbocycles. The highest BCUT2D eigenvalue weighted by Crippen LogP contribution is 2.38. The molecule has 0 spiro atoms. The Balaban J connectivity index is 1.95. The van der Waals surface area contributed by atoms with E-state index in [1.165, 1.54) is 12.1 Å². The maximum absolute atomic E-state index is 13.3. The van der Waals surface area contributed by atoms with E-state index in [1.807, 2.05) is 6.92 Å². The lowest BCUT2D eigenvalue weighted by Gasteiger charge is -2.25. The Morgan fingerprint density at radius 1 is 1.15 bits per heavy atom. The van der Waals surface area contributed by atoms with Crippen molar-refractivity contribution in [2.75, 3.05) is 0 Å². The number of aromatic nitrogens is 2. The van der Waals surface area contributed by atoms with E-state index in [2.05, 4.69) is 9.98 Å². The number of fused-ring (bicyclic) bond motifs is 3. The van der Waals surface area contributed by atoms with Gasteiger partial charge in [-0.15, -0.1) is 0 Å². The van der Waals surface area contributed by atoms with E-state index >= 15 is 0 Å². The van der Waals surface area contributed by atoms with Crippen LogP contribution in [0, 0.1) is 12.8 Å². The second-order valence-electron chi connectivity index (χ2n) is 7.05. The fourth-order valence-electron chi connectivity index (χ4n) is 4.02. The molecular formula is C19H20F3N3O. The number of nitrogens with zero attached hydrogens (tertiary/aromatic N) is 3. The Morgan fingerprint density at radius 2 is 1.88 bits per heavy atom. The van der Waals surface area contributed by atoms with Crippen LogP contribution in [-0.2, 0) is 6.18 Å². The van der Waals surface area contributed by atoms with Crippen LogP contribution in [0.4, 0.5) is 13.2 Å². The SMILES string of the molecule is Cc1cnc2n1-c1ccc(C(F)(F)F)cc1C(C1CCCCC1)=NC2O. The number of alkyl halides is 3. The van der Waals surface area contributed by atoms with Crippen LogP contribution in [0.15, 0.2) is 29.4 Å². The molecule has 0 bridgehead atoms. The van der Waals surface area contributed by atoms with Gasteiger partial charge in [0.2, 0.25) is 6.23 Å².